The van der Waals surface area contributed by atoms with E-state index in [1.54, 1.807) is 7.05 Å². The van der Waals surface area contributed by atoms with Gasteiger partial charge in [-0.25, -0.2) is 4.68 Å². The molecule has 1 aromatic carbocycles. The van der Waals surface area contributed by atoms with E-state index in [-0.39, 0.29) is 5.56 Å². The van der Waals surface area contributed by atoms with E-state index in [0.717, 1.165) is 12.0 Å². The molecule has 0 aliphatic carbocycles. The van der Waals surface area contributed by atoms with Gasteiger partial charge in [-0.3, -0.25) is 4.79 Å². The highest BCUT2D eigenvalue weighted by Gasteiger charge is 2.09. The van der Waals surface area contributed by atoms with Crippen LogP contribution < -0.4 is 5.56 Å². The van der Waals surface area contributed by atoms with Crippen molar-refractivity contribution in [2.45, 2.75) is 20.3 Å². The summed E-state index contributed by atoms with van der Waals surface area (Å²) in [5, 5.41) is 13.3. The number of aryl methyl sites for hydroxylation is 1. The van der Waals surface area contributed by atoms with Crippen molar-refractivity contribution in [2.75, 3.05) is 0 Å². The fourth-order valence-corrected chi connectivity index (χ4v) is 2.11. The van der Waals surface area contributed by atoms with Crippen LogP contribution in [0.3, 0.4) is 0 Å². The maximum Gasteiger partial charge on any atom is 0.267 e. The highest BCUT2D eigenvalue weighted by atomic mass is 16.1. The van der Waals surface area contributed by atoms with Crippen LogP contribution >= 0.6 is 0 Å². The molecule has 0 radical (unpaired) electrons. The largest absolute Gasteiger partial charge is 0.268 e. The lowest BCUT2D eigenvalue weighted by Gasteiger charge is -2.08. The first-order valence-corrected chi connectivity index (χ1v) is 6.59. The van der Waals surface area contributed by atoms with Gasteiger partial charge in [0, 0.05) is 18.7 Å². The number of hydrogen-bond acceptors (Lipinski definition) is 3. The van der Waals surface area contributed by atoms with Gasteiger partial charge in [0.05, 0.1) is 5.56 Å². The van der Waals surface area contributed by atoms with Gasteiger partial charge in [-0.15, -0.1) is 0 Å². The van der Waals surface area contributed by atoms with E-state index in [4.69, 9.17) is 5.26 Å². The summed E-state index contributed by atoms with van der Waals surface area (Å²) in [4.78, 5) is 11.5. The fraction of sp³-hybridized carbons (Fsp3) is 0.312. The number of nitrogens with zero attached hydrogens (tertiary/aromatic N) is 3. The van der Waals surface area contributed by atoms with Crippen LogP contribution in [0.4, 0.5) is 0 Å². The third kappa shape index (κ3) is 2.94. The third-order valence-electron chi connectivity index (χ3n) is 3.08. The van der Waals surface area contributed by atoms with Crippen LogP contribution in [0.15, 0.2) is 35.1 Å². The summed E-state index contributed by atoms with van der Waals surface area (Å²) in [5.41, 5.74) is 2.69. The Morgan fingerprint density at radius 2 is 1.95 bits per heavy atom. The maximum atomic E-state index is 11.5. The Balaban J connectivity index is 2.44. The van der Waals surface area contributed by atoms with Crippen LogP contribution in [-0.2, 0) is 13.5 Å². The lowest BCUT2D eigenvalue weighted by atomic mass is 10.00. The second-order valence-corrected chi connectivity index (χ2v) is 5.28. The summed E-state index contributed by atoms with van der Waals surface area (Å²) in [6.45, 7) is 4.35. The van der Waals surface area contributed by atoms with Crippen LogP contribution in [0.2, 0.25) is 0 Å². The molecule has 1 aromatic heterocycles. The van der Waals surface area contributed by atoms with Gasteiger partial charge in [0.1, 0.15) is 11.8 Å². The Kier molecular flexibility index (Phi) is 3.99. The number of hydrogen-bond donors (Lipinski definition) is 0. The standard InChI is InChI=1S/C16H17N3O/c1-11(2)8-12-4-6-13(7-5-12)16-14(10-17)9-15(20)19(3)18-16/h4-7,9,11H,8H2,1-3H3. The van der Waals surface area contributed by atoms with Crippen molar-refractivity contribution in [2.24, 2.45) is 13.0 Å². The molecule has 1 heterocycles. The topological polar surface area (TPSA) is 58.7 Å². The summed E-state index contributed by atoms with van der Waals surface area (Å²) in [5.74, 6) is 0.603. The van der Waals surface area contributed by atoms with E-state index in [1.165, 1.54) is 16.3 Å². The van der Waals surface area contributed by atoms with E-state index < -0.39 is 0 Å². The van der Waals surface area contributed by atoms with E-state index >= 15 is 0 Å². The Labute approximate surface area is 118 Å². The molecule has 4 heteroatoms. The Hall–Kier alpha value is -2.41. The monoisotopic (exact) mass is 267 g/mol. The first-order chi connectivity index (χ1) is 9.51. The molecule has 0 aliphatic rings. The number of nitriles is 1. The van der Waals surface area contributed by atoms with Gasteiger partial charge in [0.15, 0.2) is 0 Å². The number of rotatable bonds is 3. The van der Waals surface area contributed by atoms with Crippen molar-refractivity contribution in [3.05, 3.63) is 51.8 Å². The fourth-order valence-electron chi connectivity index (χ4n) is 2.11. The Morgan fingerprint density at radius 3 is 2.50 bits per heavy atom. The molecule has 0 saturated carbocycles. The molecule has 4 nitrogen and oxygen atoms in total. The average Bonchev–Trinajstić information content (AvgIpc) is 2.41. The Morgan fingerprint density at radius 1 is 1.30 bits per heavy atom. The Bertz CT molecular complexity index is 706. The van der Waals surface area contributed by atoms with Crippen molar-refractivity contribution < 1.29 is 0 Å². The van der Waals surface area contributed by atoms with Crippen LogP contribution in [-0.4, -0.2) is 9.78 Å². The van der Waals surface area contributed by atoms with Crippen LogP contribution in [0.1, 0.15) is 25.0 Å². The van der Waals surface area contributed by atoms with E-state index in [0.29, 0.717) is 17.2 Å². The number of aromatic nitrogens is 2. The van der Waals surface area contributed by atoms with E-state index in [9.17, 15) is 4.79 Å². The minimum Gasteiger partial charge on any atom is -0.268 e. The van der Waals surface area contributed by atoms with Crippen molar-refractivity contribution in [1.82, 2.24) is 9.78 Å². The molecule has 0 N–H and O–H groups in total. The van der Waals surface area contributed by atoms with Crippen LogP contribution in [0, 0.1) is 17.2 Å². The molecular formula is C16H17N3O. The molecule has 0 aliphatic heterocycles. The normalized spacial score (nSPS) is 10.6. The highest BCUT2D eigenvalue weighted by Crippen LogP contribution is 2.21. The van der Waals surface area contributed by atoms with Crippen molar-refractivity contribution >= 4 is 0 Å². The first-order valence-electron chi connectivity index (χ1n) is 6.59. The molecular weight excluding hydrogens is 250 g/mol. The van der Waals surface area contributed by atoms with Crippen LogP contribution in [0.5, 0.6) is 0 Å². The van der Waals surface area contributed by atoms with E-state index in [1.807, 2.05) is 30.3 Å². The lowest BCUT2D eigenvalue weighted by molar-refractivity contribution is 0.647. The molecule has 20 heavy (non-hydrogen) atoms. The molecule has 0 saturated heterocycles. The van der Waals surface area contributed by atoms with Gasteiger partial charge in [0.25, 0.3) is 5.56 Å². The molecule has 0 fully saturated rings. The molecule has 0 amide bonds. The molecule has 2 aromatic rings. The molecule has 0 spiro atoms. The quantitative estimate of drug-likeness (QED) is 0.858. The van der Waals surface area contributed by atoms with Crippen molar-refractivity contribution in [3.63, 3.8) is 0 Å². The van der Waals surface area contributed by atoms with Crippen molar-refractivity contribution in [1.29, 1.82) is 5.26 Å². The molecule has 0 unspecified atom stereocenters. The lowest BCUT2D eigenvalue weighted by Crippen LogP contribution is -2.20. The second kappa shape index (κ2) is 5.70. The zero-order valence-electron chi connectivity index (χ0n) is 11.9. The summed E-state index contributed by atoms with van der Waals surface area (Å²) in [6, 6.07) is 11.3. The average molecular weight is 267 g/mol. The predicted molar refractivity (Wildman–Crippen MR) is 78.2 cm³/mol. The summed E-state index contributed by atoms with van der Waals surface area (Å²) in [6.07, 6.45) is 1.02. The summed E-state index contributed by atoms with van der Waals surface area (Å²) in [7, 11) is 1.58. The van der Waals surface area contributed by atoms with Gasteiger partial charge < -0.3 is 0 Å². The van der Waals surface area contributed by atoms with Gasteiger partial charge in [-0.1, -0.05) is 38.1 Å². The maximum absolute atomic E-state index is 11.5. The summed E-state index contributed by atoms with van der Waals surface area (Å²) < 4.78 is 1.25. The highest BCUT2D eigenvalue weighted by molar-refractivity contribution is 5.65. The van der Waals surface area contributed by atoms with Gasteiger partial charge in [-0.05, 0) is 17.9 Å². The molecule has 102 valence electrons. The number of benzene rings is 1. The van der Waals surface area contributed by atoms with Gasteiger partial charge in [-0.2, -0.15) is 10.4 Å². The molecule has 0 bridgehead atoms. The molecule has 2 rings (SSSR count). The van der Waals surface area contributed by atoms with Gasteiger partial charge >= 0.3 is 0 Å². The van der Waals surface area contributed by atoms with Crippen molar-refractivity contribution in [3.8, 4) is 17.3 Å². The zero-order valence-corrected chi connectivity index (χ0v) is 11.9. The van der Waals surface area contributed by atoms with E-state index in [2.05, 4.69) is 18.9 Å². The van der Waals surface area contributed by atoms with Crippen LogP contribution in [0.25, 0.3) is 11.3 Å². The first kappa shape index (κ1) is 14.0. The predicted octanol–water partition coefficient (Wildman–Crippen LogP) is 2.52. The third-order valence-corrected chi connectivity index (χ3v) is 3.08. The second-order valence-electron chi connectivity index (χ2n) is 5.28. The smallest absolute Gasteiger partial charge is 0.267 e. The minimum atomic E-state index is -0.276. The minimum absolute atomic E-state index is 0.276. The van der Waals surface area contributed by atoms with Gasteiger partial charge in [0.2, 0.25) is 0 Å². The molecule has 0 atom stereocenters. The zero-order chi connectivity index (χ0) is 14.7. The SMILES string of the molecule is CC(C)Cc1ccc(-c2nn(C)c(=O)cc2C#N)cc1. The summed E-state index contributed by atoms with van der Waals surface area (Å²) >= 11 is 0.